The summed E-state index contributed by atoms with van der Waals surface area (Å²) in [4.78, 5) is 166. The lowest BCUT2D eigenvalue weighted by Crippen LogP contribution is -2.59. The highest BCUT2D eigenvalue weighted by Gasteiger charge is 2.36. The highest BCUT2D eigenvalue weighted by molar-refractivity contribution is 7.98. The molecule has 2 fully saturated rings. The minimum atomic E-state index is -1.50. The van der Waals surface area contributed by atoms with E-state index in [1.165, 1.54) is 40.5 Å². The Balaban J connectivity index is 1.40. The Kier molecular flexibility index (Phi) is 25.4. The maximum atomic E-state index is 14.2. The van der Waals surface area contributed by atoms with E-state index in [1.54, 1.807) is 41.7 Å². The number of pyridine rings is 1. The fourth-order valence-electron chi connectivity index (χ4n) is 8.24. The van der Waals surface area contributed by atoms with Crippen LogP contribution in [0.25, 0.3) is 0 Å². The molecule has 0 radical (unpaired) electrons. The third kappa shape index (κ3) is 21.9. The monoisotopic (exact) mass is 1120 g/mol. The SMILES string of the molecule is CCCN1CC(=O)N[C@@H](Cc2cscn2)C(=O)N[C@@H](Cc2c[nH]cn2)C(=O)NCC(=O)NCC(=O)N[C@@H](CCC(=O)O)C(=O)N[C@@H](CCSC)C(=O)N[C@@H](CC2CC2)C(=O)N[C@@H](Cc2cccnc2)C(=O)NCCCCC1=O. The molecule has 1 saturated carbocycles. The molecule has 1 aliphatic heterocycles. The summed E-state index contributed by atoms with van der Waals surface area (Å²) in [5.74, 6) is -8.08. The van der Waals surface area contributed by atoms with Crippen molar-refractivity contribution in [1.82, 2.24) is 72.7 Å². The van der Waals surface area contributed by atoms with Crippen LogP contribution in [-0.2, 0) is 72.0 Å². The van der Waals surface area contributed by atoms with Gasteiger partial charge < -0.3 is 62.8 Å². The smallest absolute Gasteiger partial charge is 0.303 e. The predicted octanol–water partition coefficient (Wildman–Crippen LogP) is -1.61. The first kappa shape index (κ1) is 61.4. The number of aromatic nitrogens is 4. The van der Waals surface area contributed by atoms with E-state index >= 15 is 0 Å². The number of carboxylic acids is 1. The molecule has 26 nitrogen and oxygen atoms in total. The van der Waals surface area contributed by atoms with Crippen molar-refractivity contribution in [3.8, 4) is 0 Å². The number of aromatic amines is 1. The second kappa shape index (κ2) is 32.3. The van der Waals surface area contributed by atoms with E-state index in [9.17, 15) is 57.8 Å². The Morgan fingerprint density at radius 2 is 1.36 bits per heavy atom. The van der Waals surface area contributed by atoms with Crippen molar-refractivity contribution in [3.63, 3.8) is 0 Å². The lowest BCUT2D eigenvalue weighted by atomic mass is 10.0. The largest absolute Gasteiger partial charge is 0.481 e. The number of aliphatic carboxylic acids is 1. The van der Waals surface area contributed by atoms with Crippen molar-refractivity contribution in [3.05, 3.63) is 64.9 Å². The van der Waals surface area contributed by atoms with E-state index in [2.05, 4.69) is 67.8 Å². The van der Waals surface area contributed by atoms with E-state index in [0.29, 0.717) is 42.0 Å². The fraction of sp³-hybridized carbons (Fsp3) is 0.560. The van der Waals surface area contributed by atoms with Crippen LogP contribution >= 0.6 is 23.1 Å². The van der Waals surface area contributed by atoms with Crippen LogP contribution in [0.3, 0.4) is 0 Å². The van der Waals surface area contributed by atoms with E-state index < -0.39 is 128 Å². The normalized spacial score (nSPS) is 23.0. The third-order valence-corrected chi connectivity index (χ3v) is 13.8. The number of carboxylic acid groups (broad SMARTS) is 1. The molecule has 2 aliphatic rings. The van der Waals surface area contributed by atoms with Crippen LogP contribution in [0, 0.1) is 5.92 Å². The van der Waals surface area contributed by atoms with Gasteiger partial charge in [0.25, 0.3) is 0 Å². The number of thioether (sulfide) groups is 1. The molecule has 78 heavy (non-hydrogen) atoms. The van der Waals surface area contributed by atoms with Gasteiger partial charge in [-0.25, -0.2) is 9.97 Å². The van der Waals surface area contributed by atoms with Gasteiger partial charge in [-0.1, -0.05) is 25.8 Å². The van der Waals surface area contributed by atoms with Crippen molar-refractivity contribution < 1.29 is 57.8 Å². The first-order valence-electron chi connectivity index (χ1n) is 25.9. The van der Waals surface area contributed by atoms with Crippen molar-refractivity contribution in [1.29, 1.82) is 0 Å². The molecule has 1 saturated heterocycles. The van der Waals surface area contributed by atoms with E-state index in [0.717, 1.165) is 12.8 Å². The van der Waals surface area contributed by atoms with E-state index in [1.807, 2.05) is 6.92 Å². The van der Waals surface area contributed by atoms with Gasteiger partial charge in [0.1, 0.15) is 36.3 Å². The number of carbonyl (C=O) groups is 11. The molecule has 1 aliphatic carbocycles. The summed E-state index contributed by atoms with van der Waals surface area (Å²) in [6.07, 6.45) is 9.65. The predicted molar refractivity (Wildman–Crippen MR) is 285 cm³/mol. The summed E-state index contributed by atoms with van der Waals surface area (Å²) >= 11 is 2.63. The second-order valence-electron chi connectivity index (χ2n) is 18.9. The van der Waals surface area contributed by atoms with Crippen molar-refractivity contribution in [2.75, 3.05) is 44.7 Å². The summed E-state index contributed by atoms with van der Waals surface area (Å²) in [7, 11) is 0. The topological polar surface area (TPSA) is 374 Å². The molecule has 424 valence electrons. The van der Waals surface area contributed by atoms with Crippen LogP contribution in [0.4, 0.5) is 0 Å². The van der Waals surface area contributed by atoms with Gasteiger partial charge >= 0.3 is 5.97 Å². The first-order valence-corrected chi connectivity index (χ1v) is 28.2. The molecule has 0 spiro atoms. The number of nitrogens with one attached hydrogen (secondary N) is 10. The lowest BCUT2D eigenvalue weighted by molar-refractivity contribution is -0.138. The number of hydrogen-bond acceptors (Lipinski definition) is 16. The van der Waals surface area contributed by atoms with Gasteiger partial charge in [0, 0.05) is 69.2 Å². The first-order chi connectivity index (χ1) is 37.5. The van der Waals surface area contributed by atoms with Gasteiger partial charge in [-0.3, -0.25) is 57.7 Å². The number of H-pyrrole nitrogens is 1. The fourth-order valence-corrected chi connectivity index (χ4v) is 9.28. The molecular weight excluding hydrogens is 1050 g/mol. The number of nitrogens with zero attached hydrogens (tertiary/aromatic N) is 4. The summed E-state index contributed by atoms with van der Waals surface area (Å²) in [5.41, 5.74) is 3.00. The van der Waals surface area contributed by atoms with Gasteiger partial charge in [0.05, 0.1) is 42.9 Å². The number of carbonyl (C=O) groups excluding carboxylic acids is 10. The molecule has 10 amide bonds. The van der Waals surface area contributed by atoms with Crippen LogP contribution in [0.15, 0.2) is 47.9 Å². The quantitative estimate of drug-likeness (QED) is 0.0769. The minimum absolute atomic E-state index is 0.0144. The van der Waals surface area contributed by atoms with Crippen molar-refractivity contribution in [2.24, 2.45) is 5.92 Å². The number of hydrogen-bond donors (Lipinski definition) is 11. The number of amides is 10. The van der Waals surface area contributed by atoms with Gasteiger partial charge in [-0.05, 0) is 68.1 Å². The van der Waals surface area contributed by atoms with Gasteiger partial charge in [-0.2, -0.15) is 11.8 Å². The summed E-state index contributed by atoms with van der Waals surface area (Å²) in [6.45, 7) is 0.350. The summed E-state index contributed by atoms with van der Waals surface area (Å²) in [5, 5.41) is 34.7. The molecule has 4 heterocycles. The standard InChI is InChI=1S/C50H70N14O12S2/c1-3-16-64-26-42(67)59-39(21-33-27-78-29-57-33)50(76)63-38(20-32-23-52-28-56-32)46(72)55-24-40(65)54-25-41(66)58-34(11-12-44(69)70)47(73)60-35(13-17-77-2)48(74)62-37(18-30-9-10-30)49(75)61-36(19-31-7-6-14-51-22-31)45(71)53-15-5-4-8-43(64)68/h6-7,14,22-23,27-30,34-39H,3-5,8-13,15-21,24-26H2,1-2H3,(H,52,56)(H,53,71)(H,54,65)(H,55,72)(H,58,66)(H,59,67)(H,60,73)(H,61,75)(H,62,74)(H,63,76)(H,69,70)/t34-,35-,36-,37-,38-,39-/m0/s1. The third-order valence-electron chi connectivity index (χ3n) is 12.6. The Bertz CT molecular complexity index is 2500. The van der Waals surface area contributed by atoms with Crippen LogP contribution in [0.1, 0.15) is 88.1 Å². The minimum Gasteiger partial charge on any atom is -0.481 e. The molecule has 3 aromatic heterocycles. The number of imidazole rings is 1. The van der Waals surface area contributed by atoms with Gasteiger partial charge in [0.2, 0.25) is 59.1 Å². The van der Waals surface area contributed by atoms with Gasteiger partial charge in [-0.15, -0.1) is 11.3 Å². The molecule has 0 bridgehead atoms. The Morgan fingerprint density at radius 1 is 0.718 bits per heavy atom. The average Bonchev–Trinajstić information content (AvgIpc) is 3.80. The Hall–Kier alpha value is -7.49. The zero-order valence-electron chi connectivity index (χ0n) is 43.6. The van der Waals surface area contributed by atoms with Crippen LogP contribution < -0.4 is 47.9 Å². The summed E-state index contributed by atoms with van der Waals surface area (Å²) < 4.78 is 0. The average molecular weight is 1120 g/mol. The lowest BCUT2D eigenvalue weighted by Gasteiger charge is -2.26. The number of rotatable bonds is 16. The Labute approximate surface area is 459 Å². The van der Waals surface area contributed by atoms with Crippen molar-refractivity contribution in [2.45, 2.75) is 127 Å². The second-order valence-corrected chi connectivity index (χ2v) is 20.7. The van der Waals surface area contributed by atoms with Gasteiger partial charge in [0.15, 0.2) is 0 Å². The molecule has 0 unspecified atom stereocenters. The van der Waals surface area contributed by atoms with E-state index in [4.69, 9.17) is 0 Å². The highest BCUT2D eigenvalue weighted by Crippen LogP contribution is 2.33. The molecule has 3 aromatic rings. The molecule has 0 aromatic carbocycles. The summed E-state index contributed by atoms with van der Waals surface area (Å²) in [6, 6.07) is -4.25. The van der Waals surface area contributed by atoms with Crippen LogP contribution in [0.2, 0.25) is 0 Å². The molecular formula is C50H70N14O12S2. The number of thiazole rings is 1. The molecule has 28 heteroatoms. The zero-order chi connectivity index (χ0) is 56.4. The van der Waals surface area contributed by atoms with Crippen LogP contribution in [0.5, 0.6) is 0 Å². The Morgan fingerprint density at radius 3 is 2.01 bits per heavy atom. The maximum Gasteiger partial charge on any atom is 0.303 e. The molecule has 6 atom stereocenters. The maximum absolute atomic E-state index is 14.2. The molecule has 5 rings (SSSR count). The van der Waals surface area contributed by atoms with Crippen molar-refractivity contribution >= 4 is 88.1 Å². The highest BCUT2D eigenvalue weighted by atomic mass is 32.2. The molecule has 11 N–H and O–H groups in total. The van der Waals surface area contributed by atoms with Crippen LogP contribution in [-0.4, -0.2) is 176 Å². The van der Waals surface area contributed by atoms with E-state index in [-0.39, 0.29) is 63.4 Å². The zero-order valence-corrected chi connectivity index (χ0v) is 45.3.